The minimum atomic E-state index is -0.301. The zero-order valence-corrected chi connectivity index (χ0v) is 10.3. The van der Waals surface area contributed by atoms with Crippen LogP contribution in [-0.2, 0) is 0 Å². The number of aliphatic hydroxyl groups excluding tert-OH is 1. The van der Waals surface area contributed by atoms with Gasteiger partial charge < -0.3 is 15.3 Å². The van der Waals surface area contributed by atoms with Gasteiger partial charge in [0.15, 0.2) is 0 Å². The smallest absolute Gasteiger partial charge is 0.317 e. The van der Waals surface area contributed by atoms with Crippen molar-refractivity contribution in [3.8, 4) is 0 Å². The van der Waals surface area contributed by atoms with Crippen LogP contribution in [0, 0.1) is 5.92 Å². The molecular formula is C11H24N2O2. The maximum atomic E-state index is 11.5. The molecular weight excluding hydrogens is 192 g/mol. The third-order valence-corrected chi connectivity index (χ3v) is 2.40. The summed E-state index contributed by atoms with van der Waals surface area (Å²) in [5, 5.41) is 12.0. The van der Waals surface area contributed by atoms with Crippen molar-refractivity contribution in [3.05, 3.63) is 0 Å². The van der Waals surface area contributed by atoms with Gasteiger partial charge in [-0.1, -0.05) is 6.92 Å². The number of hydrogen-bond acceptors (Lipinski definition) is 2. The van der Waals surface area contributed by atoms with Gasteiger partial charge in [-0.25, -0.2) is 4.79 Å². The molecule has 0 aliphatic carbocycles. The average molecular weight is 216 g/mol. The van der Waals surface area contributed by atoms with Gasteiger partial charge in [-0.15, -0.1) is 0 Å². The Morgan fingerprint density at radius 3 is 2.27 bits per heavy atom. The number of nitrogens with one attached hydrogen (secondary N) is 1. The van der Waals surface area contributed by atoms with E-state index in [0.29, 0.717) is 12.5 Å². The first kappa shape index (κ1) is 14.2. The second-order valence-electron chi connectivity index (χ2n) is 4.05. The van der Waals surface area contributed by atoms with Gasteiger partial charge >= 0.3 is 6.03 Å². The fourth-order valence-corrected chi connectivity index (χ4v) is 1.55. The quantitative estimate of drug-likeness (QED) is 0.706. The summed E-state index contributed by atoms with van der Waals surface area (Å²) in [5.41, 5.74) is 0. The van der Waals surface area contributed by atoms with Crippen LogP contribution in [-0.4, -0.2) is 41.8 Å². The summed E-state index contributed by atoms with van der Waals surface area (Å²) >= 11 is 0. The summed E-state index contributed by atoms with van der Waals surface area (Å²) in [5.74, 6) is 0.310. The molecule has 15 heavy (non-hydrogen) atoms. The van der Waals surface area contributed by atoms with E-state index in [1.807, 2.05) is 20.8 Å². The van der Waals surface area contributed by atoms with Crippen molar-refractivity contribution >= 4 is 6.03 Å². The van der Waals surface area contributed by atoms with E-state index in [2.05, 4.69) is 5.32 Å². The minimum absolute atomic E-state index is 0.0163. The molecule has 2 amide bonds. The second-order valence-corrected chi connectivity index (χ2v) is 4.05. The van der Waals surface area contributed by atoms with Crippen molar-refractivity contribution < 1.29 is 9.90 Å². The monoisotopic (exact) mass is 216 g/mol. The van der Waals surface area contributed by atoms with Crippen molar-refractivity contribution in [2.75, 3.05) is 19.6 Å². The van der Waals surface area contributed by atoms with Crippen molar-refractivity contribution in [2.45, 2.75) is 40.2 Å². The minimum Gasteiger partial charge on any atom is -0.393 e. The first-order chi connectivity index (χ1) is 7.01. The van der Waals surface area contributed by atoms with Gasteiger partial charge in [-0.05, 0) is 33.1 Å². The summed E-state index contributed by atoms with van der Waals surface area (Å²) in [4.78, 5) is 13.3. The molecule has 4 heteroatoms. The first-order valence-corrected chi connectivity index (χ1v) is 5.72. The van der Waals surface area contributed by atoms with Gasteiger partial charge in [0.1, 0.15) is 0 Å². The molecule has 0 bridgehead atoms. The van der Waals surface area contributed by atoms with Crippen molar-refractivity contribution in [2.24, 2.45) is 5.92 Å². The van der Waals surface area contributed by atoms with E-state index in [1.165, 1.54) is 0 Å². The highest BCUT2D eigenvalue weighted by molar-refractivity contribution is 5.74. The van der Waals surface area contributed by atoms with Crippen molar-refractivity contribution in [1.29, 1.82) is 0 Å². The van der Waals surface area contributed by atoms with Crippen molar-refractivity contribution in [3.63, 3.8) is 0 Å². The Kier molecular flexibility index (Phi) is 7.13. The van der Waals surface area contributed by atoms with E-state index in [9.17, 15) is 4.79 Å². The lowest BCUT2D eigenvalue weighted by Gasteiger charge is -2.21. The molecule has 0 aromatic carbocycles. The third-order valence-electron chi connectivity index (χ3n) is 2.40. The van der Waals surface area contributed by atoms with Crippen LogP contribution in [0.4, 0.5) is 4.79 Å². The summed E-state index contributed by atoms with van der Waals surface area (Å²) in [6.07, 6.45) is 0.420. The molecule has 0 spiro atoms. The molecule has 4 nitrogen and oxygen atoms in total. The van der Waals surface area contributed by atoms with Gasteiger partial charge in [0.25, 0.3) is 0 Å². The molecule has 2 atom stereocenters. The number of carbonyl (C=O) groups is 1. The second kappa shape index (κ2) is 7.51. The van der Waals surface area contributed by atoms with Gasteiger partial charge in [0.2, 0.25) is 0 Å². The summed E-state index contributed by atoms with van der Waals surface area (Å²) < 4.78 is 0. The van der Waals surface area contributed by atoms with E-state index in [0.717, 1.165) is 19.5 Å². The Balaban J connectivity index is 3.79. The normalized spacial score (nSPS) is 14.5. The van der Waals surface area contributed by atoms with Gasteiger partial charge in [-0.2, -0.15) is 0 Å². The Bertz CT molecular complexity index is 179. The zero-order chi connectivity index (χ0) is 11.8. The lowest BCUT2D eigenvalue weighted by atomic mass is 10.1. The van der Waals surface area contributed by atoms with E-state index >= 15 is 0 Å². The summed E-state index contributed by atoms with van der Waals surface area (Å²) in [6.45, 7) is 9.79. The molecule has 2 N–H and O–H groups in total. The Morgan fingerprint density at radius 2 is 1.87 bits per heavy atom. The maximum absolute atomic E-state index is 11.5. The number of urea groups is 1. The maximum Gasteiger partial charge on any atom is 0.317 e. The molecule has 0 aliphatic heterocycles. The highest BCUT2D eigenvalue weighted by Gasteiger charge is 2.11. The highest BCUT2D eigenvalue weighted by Crippen LogP contribution is 2.04. The molecule has 0 aromatic heterocycles. The van der Waals surface area contributed by atoms with Crippen LogP contribution in [0.5, 0.6) is 0 Å². The van der Waals surface area contributed by atoms with Crippen LogP contribution in [0.15, 0.2) is 0 Å². The van der Waals surface area contributed by atoms with Crippen LogP contribution in [0.2, 0.25) is 0 Å². The topological polar surface area (TPSA) is 52.6 Å². The molecule has 0 radical (unpaired) electrons. The Labute approximate surface area is 92.7 Å². The first-order valence-electron chi connectivity index (χ1n) is 5.72. The van der Waals surface area contributed by atoms with Crippen LogP contribution >= 0.6 is 0 Å². The Morgan fingerprint density at radius 1 is 1.33 bits per heavy atom. The predicted octanol–water partition coefficient (Wildman–Crippen LogP) is 1.44. The molecule has 0 fully saturated rings. The Hall–Kier alpha value is -0.770. The molecule has 0 unspecified atom stereocenters. The van der Waals surface area contributed by atoms with Gasteiger partial charge in [0, 0.05) is 19.6 Å². The fourth-order valence-electron chi connectivity index (χ4n) is 1.55. The van der Waals surface area contributed by atoms with E-state index < -0.39 is 0 Å². The zero-order valence-electron chi connectivity index (χ0n) is 10.3. The number of nitrogens with zero attached hydrogens (tertiary/aromatic N) is 1. The van der Waals surface area contributed by atoms with Crippen LogP contribution < -0.4 is 5.32 Å². The molecule has 0 aliphatic rings. The standard InChI is InChI=1S/C11H24N2O2/c1-5-13(6-2)11(15)12-8-9(3)7-10(4)14/h9-10,14H,5-8H2,1-4H3,(H,12,15)/t9-,10+/m1/s1. The number of carbonyl (C=O) groups excluding carboxylic acids is 1. The van der Waals surface area contributed by atoms with Crippen LogP contribution in [0.1, 0.15) is 34.1 Å². The molecule has 0 rings (SSSR count). The highest BCUT2D eigenvalue weighted by atomic mass is 16.3. The SMILES string of the molecule is CCN(CC)C(=O)NC[C@H](C)C[C@H](C)O. The molecule has 0 saturated carbocycles. The molecule has 0 saturated heterocycles. The number of aliphatic hydroxyl groups is 1. The predicted molar refractivity (Wildman–Crippen MR) is 61.8 cm³/mol. The largest absolute Gasteiger partial charge is 0.393 e. The van der Waals surface area contributed by atoms with Gasteiger partial charge in [0.05, 0.1) is 6.10 Å². The molecule has 0 heterocycles. The summed E-state index contributed by atoms with van der Waals surface area (Å²) in [6, 6.07) is -0.0163. The lowest BCUT2D eigenvalue weighted by molar-refractivity contribution is 0.161. The fraction of sp³-hybridized carbons (Fsp3) is 0.909. The molecule has 90 valence electrons. The average Bonchev–Trinajstić information content (AvgIpc) is 2.15. The van der Waals surface area contributed by atoms with Crippen molar-refractivity contribution in [1.82, 2.24) is 10.2 Å². The van der Waals surface area contributed by atoms with E-state index in [-0.39, 0.29) is 12.1 Å². The third kappa shape index (κ3) is 6.33. The molecule has 0 aromatic rings. The van der Waals surface area contributed by atoms with Crippen LogP contribution in [0.25, 0.3) is 0 Å². The summed E-state index contributed by atoms with van der Waals surface area (Å²) in [7, 11) is 0. The van der Waals surface area contributed by atoms with E-state index in [1.54, 1.807) is 11.8 Å². The number of amides is 2. The number of hydrogen-bond donors (Lipinski definition) is 2. The van der Waals surface area contributed by atoms with E-state index in [4.69, 9.17) is 5.11 Å². The van der Waals surface area contributed by atoms with Crippen LogP contribution in [0.3, 0.4) is 0 Å². The lowest BCUT2D eigenvalue weighted by Crippen LogP contribution is -2.41. The van der Waals surface area contributed by atoms with Gasteiger partial charge in [-0.3, -0.25) is 0 Å². The number of rotatable bonds is 6.